The van der Waals surface area contributed by atoms with Crippen molar-refractivity contribution in [3.8, 4) is 0 Å². The summed E-state index contributed by atoms with van der Waals surface area (Å²) in [6, 6.07) is 2.36. The lowest BCUT2D eigenvalue weighted by Crippen LogP contribution is -2.23. The molecule has 0 aliphatic rings. The zero-order valence-corrected chi connectivity index (χ0v) is 11.1. The van der Waals surface area contributed by atoms with Crippen molar-refractivity contribution >= 4 is 40.9 Å². The molecule has 1 aromatic rings. The lowest BCUT2D eigenvalue weighted by atomic mass is 10.1. The number of carboxylic acids is 1. The van der Waals surface area contributed by atoms with Gasteiger partial charge in [0.15, 0.2) is 11.9 Å². The van der Waals surface area contributed by atoms with Gasteiger partial charge in [0.1, 0.15) is 0 Å². The van der Waals surface area contributed by atoms with Gasteiger partial charge in [-0.25, -0.2) is 14.8 Å². The van der Waals surface area contributed by atoms with Gasteiger partial charge in [0.25, 0.3) is 0 Å². The molecule has 0 bridgehead atoms. The molecule has 0 unspecified atom stereocenters. The first-order valence-corrected chi connectivity index (χ1v) is 5.59. The normalized spacial score (nSPS) is 9.57. The average molecular weight is 293 g/mol. The van der Waals surface area contributed by atoms with E-state index >= 15 is 0 Å². The van der Waals surface area contributed by atoms with E-state index in [-0.39, 0.29) is 34.5 Å². The molecule has 21 heavy (non-hydrogen) atoms. The van der Waals surface area contributed by atoms with Crippen LogP contribution in [0.5, 0.6) is 0 Å². The molecule has 10 nitrogen and oxygen atoms in total. The van der Waals surface area contributed by atoms with Crippen LogP contribution < -0.4 is 28.3 Å². The number of carbonyl (C=O) groups excluding carboxylic acids is 1. The Morgan fingerprint density at radius 3 is 1.76 bits per heavy atom. The van der Waals surface area contributed by atoms with E-state index in [1.54, 1.807) is 0 Å². The number of hydrogen-bond acceptors (Lipinski definition) is 4. The van der Waals surface area contributed by atoms with Gasteiger partial charge < -0.3 is 33.4 Å². The van der Waals surface area contributed by atoms with Crippen molar-refractivity contribution in [3.05, 3.63) is 17.7 Å². The first-order chi connectivity index (χ1) is 9.70. The number of aromatic carboxylic acids is 1. The molecule has 0 saturated carbocycles. The van der Waals surface area contributed by atoms with Crippen molar-refractivity contribution in [1.29, 1.82) is 0 Å². The first kappa shape index (κ1) is 15.8. The smallest absolute Gasteiger partial charge is 0.335 e. The Hall–Kier alpha value is -3.30. The van der Waals surface area contributed by atoms with Gasteiger partial charge in [0.05, 0.1) is 22.6 Å². The van der Waals surface area contributed by atoms with Gasteiger partial charge in [-0.15, -0.1) is 0 Å². The molecule has 0 aromatic heterocycles. The van der Waals surface area contributed by atoms with Crippen molar-refractivity contribution < 1.29 is 14.7 Å². The predicted octanol–water partition coefficient (Wildman–Crippen LogP) is -0.847. The quantitative estimate of drug-likeness (QED) is 0.307. The summed E-state index contributed by atoms with van der Waals surface area (Å²) in [5.41, 5.74) is 21.1. The van der Waals surface area contributed by atoms with Crippen LogP contribution >= 0.6 is 0 Å². The summed E-state index contributed by atoms with van der Waals surface area (Å²) in [7, 11) is 0. The van der Waals surface area contributed by atoms with Crippen LogP contribution in [0.2, 0.25) is 0 Å². The molecular weight excluding hydrogens is 278 g/mol. The summed E-state index contributed by atoms with van der Waals surface area (Å²) in [4.78, 5) is 29.9. The summed E-state index contributed by atoms with van der Waals surface area (Å²) in [5, 5.41) is 11.5. The third-order valence-electron chi connectivity index (χ3n) is 2.14. The van der Waals surface area contributed by atoms with Crippen LogP contribution in [-0.4, -0.2) is 28.9 Å². The highest BCUT2D eigenvalue weighted by Gasteiger charge is 2.15. The highest BCUT2D eigenvalue weighted by Crippen LogP contribution is 2.36. The van der Waals surface area contributed by atoms with Crippen molar-refractivity contribution in [3.63, 3.8) is 0 Å². The second-order valence-electron chi connectivity index (χ2n) is 3.95. The van der Waals surface area contributed by atoms with Crippen molar-refractivity contribution in [2.75, 3.05) is 5.32 Å². The Morgan fingerprint density at radius 1 is 1.05 bits per heavy atom. The Balaban J connectivity index is 3.67. The second-order valence-corrected chi connectivity index (χ2v) is 3.95. The Bertz CT molecular complexity index is 604. The van der Waals surface area contributed by atoms with E-state index in [4.69, 9.17) is 28.0 Å². The number of nitrogens with zero attached hydrogens (tertiary/aromatic N) is 2. The molecule has 112 valence electrons. The minimum Gasteiger partial charge on any atom is -0.478 e. The summed E-state index contributed by atoms with van der Waals surface area (Å²) in [6.07, 6.45) is 0. The van der Waals surface area contributed by atoms with Crippen molar-refractivity contribution in [2.45, 2.75) is 6.92 Å². The van der Waals surface area contributed by atoms with Gasteiger partial charge in [-0.05, 0) is 12.1 Å². The average Bonchev–Trinajstić information content (AvgIpc) is 2.30. The molecule has 0 radical (unpaired) electrons. The van der Waals surface area contributed by atoms with E-state index in [9.17, 15) is 9.59 Å². The maximum Gasteiger partial charge on any atom is 0.335 e. The maximum absolute atomic E-state index is 11.3. The number of benzene rings is 1. The summed E-state index contributed by atoms with van der Waals surface area (Å²) < 4.78 is 0. The minimum atomic E-state index is -1.23. The summed E-state index contributed by atoms with van der Waals surface area (Å²) in [6.45, 7) is 1.25. The van der Waals surface area contributed by atoms with Crippen LogP contribution in [0, 0.1) is 0 Å². The molecule has 10 heteroatoms. The monoisotopic (exact) mass is 293 g/mol. The number of hydrogen-bond donors (Lipinski definition) is 6. The molecule has 1 amide bonds. The number of rotatable bonds is 4. The third-order valence-corrected chi connectivity index (χ3v) is 2.14. The number of aliphatic imine (C=N–C) groups is 2. The van der Waals surface area contributed by atoms with Crippen LogP contribution in [0.1, 0.15) is 17.3 Å². The largest absolute Gasteiger partial charge is 0.478 e. The molecule has 0 saturated heterocycles. The third kappa shape index (κ3) is 4.38. The van der Waals surface area contributed by atoms with Gasteiger partial charge in [-0.1, -0.05) is 0 Å². The Labute approximate surface area is 119 Å². The van der Waals surface area contributed by atoms with Crippen LogP contribution in [0.4, 0.5) is 17.1 Å². The molecule has 0 aliphatic carbocycles. The van der Waals surface area contributed by atoms with Crippen LogP contribution in [0.25, 0.3) is 0 Å². The number of carbonyl (C=O) groups is 2. The minimum absolute atomic E-state index is 0.0186. The predicted molar refractivity (Wildman–Crippen MR) is 78.6 cm³/mol. The van der Waals surface area contributed by atoms with Crippen molar-refractivity contribution in [1.82, 2.24) is 0 Å². The highest BCUT2D eigenvalue weighted by atomic mass is 16.4. The fourth-order valence-electron chi connectivity index (χ4n) is 1.49. The Morgan fingerprint density at radius 2 is 1.48 bits per heavy atom. The fourth-order valence-corrected chi connectivity index (χ4v) is 1.49. The van der Waals surface area contributed by atoms with Crippen molar-refractivity contribution in [2.24, 2.45) is 32.9 Å². The van der Waals surface area contributed by atoms with E-state index in [0.717, 1.165) is 0 Å². The van der Waals surface area contributed by atoms with Gasteiger partial charge >= 0.3 is 5.97 Å². The lowest BCUT2D eigenvalue weighted by molar-refractivity contribution is -0.114. The summed E-state index contributed by atoms with van der Waals surface area (Å²) >= 11 is 0. The number of nitrogens with one attached hydrogen (secondary N) is 1. The van der Waals surface area contributed by atoms with Crippen LogP contribution in [0.3, 0.4) is 0 Å². The molecule has 0 atom stereocenters. The molecule has 1 rings (SSSR count). The SMILES string of the molecule is CC(=O)Nc1c(N=C(N)N)cc(C(=O)O)cc1N=C(N)N. The second kappa shape index (κ2) is 6.23. The van der Waals surface area contributed by atoms with E-state index in [2.05, 4.69) is 15.3 Å². The molecule has 0 heterocycles. The number of amides is 1. The first-order valence-electron chi connectivity index (χ1n) is 5.59. The van der Waals surface area contributed by atoms with Gasteiger partial charge in [0.2, 0.25) is 5.91 Å². The molecule has 0 spiro atoms. The van der Waals surface area contributed by atoms with Gasteiger partial charge in [0, 0.05) is 6.92 Å². The highest BCUT2D eigenvalue weighted by molar-refractivity contribution is 6.02. The van der Waals surface area contributed by atoms with Gasteiger partial charge in [-0.2, -0.15) is 0 Å². The molecule has 10 N–H and O–H groups in total. The van der Waals surface area contributed by atoms with E-state index < -0.39 is 11.9 Å². The van der Waals surface area contributed by atoms with E-state index in [1.165, 1.54) is 19.1 Å². The molecule has 0 fully saturated rings. The molecule has 0 aliphatic heterocycles. The maximum atomic E-state index is 11.3. The topological polar surface area (TPSA) is 195 Å². The van der Waals surface area contributed by atoms with Crippen LogP contribution in [0.15, 0.2) is 22.1 Å². The van der Waals surface area contributed by atoms with E-state index in [1.807, 2.05) is 0 Å². The molecular formula is C11H15N7O3. The van der Waals surface area contributed by atoms with E-state index in [0.29, 0.717) is 0 Å². The van der Waals surface area contributed by atoms with Gasteiger partial charge in [-0.3, -0.25) is 4.79 Å². The fraction of sp³-hybridized carbons (Fsp3) is 0.0909. The zero-order chi connectivity index (χ0) is 16.2. The van der Waals surface area contributed by atoms with Crippen LogP contribution in [-0.2, 0) is 4.79 Å². The number of anilines is 1. The number of carboxylic acid groups (broad SMARTS) is 1. The molecule has 1 aromatic carbocycles. The lowest BCUT2D eigenvalue weighted by Gasteiger charge is -2.11. The summed E-state index contributed by atoms with van der Waals surface area (Å²) in [5.74, 6) is -2.31. The number of nitrogens with two attached hydrogens (primary N) is 4. The number of guanidine groups is 2. The standard InChI is InChI=1S/C11H15N7O3/c1-4(19)16-8-6(17-10(12)13)2-5(9(20)21)3-7(8)18-11(14)15/h2-3H,1H3,(H,16,19)(H,20,21)(H4,12,13,17)(H4,14,15,18). The zero-order valence-electron chi connectivity index (χ0n) is 11.1. The Kier molecular flexibility index (Phi) is 4.68.